The van der Waals surface area contributed by atoms with Crippen molar-refractivity contribution in [1.29, 1.82) is 0 Å². The van der Waals surface area contributed by atoms with Gasteiger partial charge in [0.25, 0.3) is 0 Å². The fourth-order valence-corrected chi connectivity index (χ4v) is 2.99. The van der Waals surface area contributed by atoms with E-state index in [1.54, 1.807) is 12.1 Å². The molecule has 0 bridgehead atoms. The summed E-state index contributed by atoms with van der Waals surface area (Å²) in [7, 11) is 0. The minimum atomic E-state index is -0.304. The zero-order valence-corrected chi connectivity index (χ0v) is 12.3. The maximum Gasteiger partial charge on any atom is 0.238 e. The molecule has 0 saturated carbocycles. The van der Waals surface area contributed by atoms with Crippen molar-refractivity contribution in [3.63, 3.8) is 0 Å². The molecule has 1 amide bonds. The molecule has 3 nitrogen and oxygen atoms in total. The van der Waals surface area contributed by atoms with Gasteiger partial charge in [-0.15, -0.1) is 0 Å². The number of hydrogen-bond acceptors (Lipinski definition) is 2. The summed E-state index contributed by atoms with van der Waals surface area (Å²) < 4.78 is 12.9. The normalized spacial score (nSPS) is 18.3. The van der Waals surface area contributed by atoms with Gasteiger partial charge >= 0.3 is 0 Å². The van der Waals surface area contributed by atoms with Crippen LogP contribution >= 0.6 is 0 Å². The van der Waals surface area contributed by atoms with Gasteiger partial charge < -0.3 is 5.32 Å². The molecular formula is C18H19FN2O. The maximum absolute atomic E-state index is 12.9. The van der Waals surface area contributed by atoms with Gasteiger partial charge in [0.15, 0.2) is 0 Å². The van der Waals surface area contributed by atoms with E-state index in [-0.39, 0.29) is 11.7 Å². The highest BCUT2D eigenvalue weighted by atomic mass is 19.1. The number of amides is 1. The molecule has 0 aliphatic carbocycles. The molecule has 114 valence electrons. The summed E-state index contributed by atoms with van der Waals surface area (Å²) in [4.78, 5) is 14.4. The van der Waals surface area contributed by atoms with E-state index < -0.39 is 0 Å². The van der Waals surface area contributed by atoms with E-state index in [0.717, 1.165) is 19.4 Å². The molecule has 0 radical (unpaired) electrons. The lowest BCUT2D eigenvalue weighted by Gasteiger charge is -2.24. The molecule has 1 atom stereocenters. The second-order valence-corrected chi connectivity index (χ2v) is 5.59. The van der Waals surface area contributed by atoms with Gasteiger partial charge in [0.2, 0.25) is 5.91 Å². The molecule has 0 spiro atoms. The zero-order valence-electron chi connectivity index (χ0n) is 12.3. The number of nitrogens with zero attached hydrogens (tertiary/aromatic N) is 1. The molecule has 2 aromatic carbocycles. The monoisotopic (exact) mass is 298 g/mol. The van der Waals surface area contributed by atoms with E-state index in [2.05, 4.69) is 22.3 Å². The van der Waals surface area contributed by atoms with E-state index in [1.807, 2.05) is 18.2 Å². The predicted molar refractivity (Wildman–Crippen MR) is 85.0 cm³/mol. The molecule has 1 N–H and O–H groups in total. The summed E-state index contributed by atoms with van der Waals surface area (Å²) in [6.07, 6.45) is 2.18. The number of likely N-dealkylation sites (tertiary alicyclic amines) is 1. The van der Waals surface area contributed by atoms with Gasteiger partial charge in [-0.25, -0.2) is 4.39 Å². The van der Waals surface area contributed by atoms with Crippen molar-refractivity contribution in [2.24, 2.45) is 0 Å². The Morgan fingerprint density at radius 3 is 2.59 bits per heavy atom. The molecule has 3 rings (SSSR count). The summed E-state index contributed by atoms with van der Waals surface area (Å²) >= 11 is 0. The van der Waals surface area contributed by atoms with Crippen molar-refractivity contribution in [3.05, 3.63) is 66.0 Å². The molecule has 1 heterocycles. The van der Waals surface area contributed by atoms with Gasteiger partial charge in [0.1, 0.15) is 5.82 Å². The van der Waals surface area contributed by atoms with Crippen LogP contribution in [0.3, 0.4) is 0 Å². The zero-order chi connectivity index (χ0) is 15.4. The molecule has 0 aromatic heterocycles. The van der Waals surface area contributed by atoms with Gasteiger partial charge in [0.05, 0.1) is 6.54 Å². The summed E-state index contributed by atoms with van der Waals surface area (Å²) in [5, 5.41) is 2.82. The van der Waals surface area contributed by atoms with Gasteiger partial charge in [0, 0.05) is 11.7 Å². The first-order chi connectivity index (χ1) is 10.7. The lowest BCUT2D eigenvalue weighted by atomic mass is 10.0. The van der Waals surface area contributed by atoms with Crippen LogP contribution in [-0.2, 0) is 4.79 Å². The molecule has 1 fully saturated rings. The van der Waals surface area contributed by atoms with Crippen LogP contribution in [0, 0.1) is 5.82 Å². The Bertz CT molecular complexity index is 627. The van der Waals surface area contributed by atoms with Crippen LogP contribution in [0.5, 0.6) is 0 Å². The van der Waals surface area contributed by atoms with Crippen molar-refractivity contribution >= 4 is 11.6 Å². The Balaban J connectivity index is 1.62. The highest BCUT2D eigenvalue weighted by molar-refractivity contribution is 5.92. The number of rotatable bonds is 4. The molecule has 4 heteroatoms. The number of benzene rings is 2. The van der Waals surface area contributed by atoms with Crippen LogP contribution in [0.15, 0.2) is 54.6 Å². The van der Waals surface area contributed by atoms with Crippen molar-refractivity contribution in [2.45, 2.75) is 18.9 Å². The van der Waals surface area contributed by atoms with Crippen LogP contribution in [-0.4, -0.2) is 23.9 Å². The molecule has 22 heavy (non-hydrogen) atoms. The predicted octanol–water partition coefficient (Wildman–Crippen LogP) is 3.60. The Morgan fingerprint density at radius 1 is 1.14 bits per heavy atom. The van der Waals surface area contributed by atoms with Crippen LogP contribution in [0.1, 0.15) is 24.4 Å². The van der Waals surface area contributed by atoms with Gasteiger partial charge in [-0.3, -0.25) is 9.69 Å². The smallest absolute Gasteiger partial charge is 0.238 e. The molecule has 1 aliphatic heterocycles. The first-order valence-corrected chi connectivity index (χ1v) is 7.57. The third-order valence-corrected chi connectivity index (χ3v) is 4.02. The Morgan fingerprint density at radius 2 is 1.86 bits per heavy atom. The second-order valence-electron chi connectivity index (χ2n) is 5.59. The van der Waals surface area contributed by atoms with E-state index in [4.69, 9.17) is 0 Å². The van der Waals surface area contributed by atoms with Crippen molar-refractivity contribution in [3.8, 4) is 0 Å². The van der Waals surface area contributed by atoms with E-state index in [9.17, 15) is 9.18 Å². The molecule has 1 aliphatic rings. The molecule has 2 aromatic rings. The quantitative estimate of drug-likeness (QED) is 0.935. The van der Waals surface area contributed by atoms with Crippen LogP contribution in [0.4, 0.5) is 10.1 Å². The van der Waals surface area contributed by atoms with E-state index >= 15 is 0 Å². The topological polar surface area (TPSA) is 32.3 Å². The Labute approximate surface area is 129 Å². The molecule has 1 saturated heterocycles. The van der Waals surface area contributed by atoms with Crippen LogP contribution < -0.4 is 5.32 Å². The molecule has 0 unspecified atom stereocenters. The highest BCUT2D eigenvalue weighted by Gasteiger charge is 2.27. The van der Waals surface area contributed by atoms with Crippen LogP contribution in [0.25, 0.3) is 0 Å². The number of halogens is 1. The second kappa shape index (κ2) is 6.71. The number of carbonyl (C=O) groups is 1. The Kier molecular flexibility index (Phi) is 4.49. The fraction of sp³-hybridized carbons (Fsp3) is 0.278. The van der Waals surface area contributed by atoms with Gasteiger partial charge in [-0.2, -0.15) is 0 Å². The van der Waals surface area contributed by atoms with Crippen LogP contribution in [0.2, 0.25) is 0 Å². The third-order valence-electron chi connectivity index (χ3n) is 4.02. The van der Waals surface area contributed by atoms with Crippen molar-refractivity contribution in [2.75, 3.05) is 18.4 Å². The fourth-order valence-electron chi connectivity index (χ4n) is 2.99. The van der Waals surface area contributed by atoms with Gasteiger partial charge in [-0.1, -0.05) is 30.3 Å². The van der Waals surface area contributed by atoms with E-state index in [0.29, 0.717) is 18.3 Å². The Hall–Kier alpha value is -2.20. The van der Waals surface area contributed by atoms with Crippen molar-refractivity contribution < 1.29 is 9.18 Å². The summed E-state index contributed by atoms with van der Waals surface area (Å²) in [5.41, 5.74) is 1.89. The van der Waals surface area contributed by atoms with Gasteiger partial charge in [-0.05, 0) is 49.2 Å². The first kappa shape index (κ1) is 14.7. The largest absolute Gasteiger partial charge is 0.325 e. The van der Waals surface area contributed by atoms with Crippen molar-refractivity contribution in [1.82, 2.24) is 4.90 Å². The standard InChI is InChI=1S/C18H19FN2O/c19-15-8-10-16(11-9-15)20-18(22)13-21-12-4-7-17(21)14-5-2-1-3-6-14/h1-3,5-6,8-11,17H,4,7,12-13H2,(H,20,22)/t17-/m0/s1. The van der Waals surface area contributed by atoms with E-state index in [1.165, 1.54) is 17.7 Å². The lowest BCUT2D eigenvalue weighted by molar-refractivity contribution is -0.117. The summed E-state index contributed by atoms with van der Waals surface area (Å²) in [6, 6.07) is 16.4. The number of nitrogens with one attached hydrogen (secondary N) is 1. The summed E-state index contributed by atoms with van der Waals surface area (Å²) in [5.74, 6) is -0.365. The summed E-state index contributed by atoms with van der Waals surface area (Å²) in [6.45, 7) is 1.29. The minimum Gasteiger partial charge on any atom is -0.325 e. The number of anilines is 1. The maximum atomic E-state index is 12.9. The lowest BCUT2D eigenvalue weighted by Crippen LogP contribution is -2.32. The average molecular weight is 298 g/mol. The average Bonchev–Trinajstić information content (AvgIpc) is 2.98. The molecular weight excluding hydrogens is 279 g/mol. The first-order valence-electron chi connectivity index (χ1n) is 7.57. The SMILES string of the molecule is O=C(CN1CCC[C@H]1c1ccccc1)Nc1ccc(F)cc1. The highest BCUT2D eigenvalue weighted by Crippen LogP contribution is 2.31. The number of hydrogen-bond donors (Lipinski definition) is 1. The number of carbonyl (C=O) groups excluding carboxylic acids is 1. The minimum absolute atomic E-state index is 0.0607. The third kappa shape index (κ3) is 3.52.